The van der Waals surface area contributed by atoms with Crippen molar-refractivity contribution < 1.29 is 4.79 Å². The van der Waals surface area contributed by atoms with E-state index in [0.29, 0.717) is 17.1 Å². The summed E-state index contributed by atoms with van der Waals surface area (Å²) >= 11 is 6.21. The van der Waals surface area contributed by atoms with Crippen molar-refractivity contribution in [1.29, 1.82) is 0 Å². The number of H-pyrrole nitrogens is 1. The second-order valence-electron chi connectivity index (χ2n) is 6.64. The predicted octanol–water partition coefficient (Wildman–Crippen LogP) is 4.35. The smallest absolute Gasteiger partial charge is 0.253 e. The van der Waals surface area contributed by atoms with Crippen LogP contribution in [0, 0.1) is 13.8 Å². The number of nitrogens with one attached hydrogen (secondary N) is 1. The van der Waals surface area contributed by atoms with Gasteiger partial charge in [-0.1, -0.05) is 41.4 Å². The maximum Gasteiger partial charge on any atom is 0.253 e. The topological polar surface area (TPSA) is 53.2 Å². The zero-order valence-corrected chi connectivity index (χ0v) is 15.9. The molecule has 134 valence electrons. The maximum atomic E-state index is 12.5. The first-order valence-corrected chi connectivity index (χ1v) is 8.85. The second-order valence-corrected chi connectivity index (χ2v) is 7.04. The Morgan fingerprint density at radius 1 is 1.08 bits per heavy atom. The van der Waals surface area contributed by atoms with Crippen LogP contribution in [-0.2, 0) is 17.9 Å². The van der Waals surface area contributed by atoms with Crippen LogP contribution in [0.1, 0.15) is 29.2 Å². The average Bonchev–Trinajstić information content (AvgIpc) is 2.57. The molecule has 3 aromatic rings. The molecule has 0 spiro atoms. The Hall–Kier alpha value is -2.59. The molecule has 1 N–H and O–H groups in total. The molecular weight excluding hydrogens is 348 g/mol. The number of fused-ring (bicyclic) bond motifs is 1. The van der Waals surface area contributed by atoms with Gasteiger partial charge in [0, 0.05) is 24.1 Å². The number of nitrogens with zero attached hydrogens (tertiary/aromatic N) is 1. The van der Waals surface area contributed by atoms with E-state index in [0.717, 1.165) is 27.6 Å². The highest BCUT2D eigenvalue weighted by molar-refractivity contribution is 6.31. The van der Waals surface area contributed by atoms with Crippen molar-refractivity contribution in [2.24, 2.45) is 0 Å². The Balaban J connectivity index is 1.97. The predicted molar refractivity (Wildman–Crippen MR) is 105 cm³/mol. The van der Waals surface area contributed by atoms with Crippen LogP contribution in [0.4, 0.5) is 0 Å². The Morgan fingerprint density at radius 3 is 2.46 bits per heavy atom. The molecule has 0 bridgehead atoms. The summed E-state index contributed by atoms with van der Waals surface area (Å²) in [7, 11) is 0. The van der Waals surface area contributed by atoms with Crippen molar-refractivity contribution in [1.82, 2.24) is 9.88 Å². The lowest BCUT2D eigenvalue weighted by molar-refractivity contribution is -0.130. The van der Waals surface area contributed by atoms with Crippen molar-refractivity contribution >= 4 is 28.4 Å². The van der Waals surface area contributed by atoms with E-state index in [1.54, 1.807) is 11.0 Å². The summed E-state index contributed by atoms with van der Waals surface area (Å²) in [6.45, 7) is 6.10. The first-order valence-electron chi connectivity index (χ1n) is 8.47. The third-order valence-electron chi connectivity index (χ3n) is 4.50. The van der Waals surface area contributed by atoms with E-state index in [1.807, 2.05) is 50.2 Å². The molecule has 0 saturated carbocycles. The molecule has 1 aromatic heterocycles. The number of carbonyl (C=O) groups is 1. The highest BCUT2D eigenvalue weighted by Crippen LogP contribution is 2.20. The number of amides is 1. The monoisotopic (exact) mass is 368 g/mol. The molecule has 0 radical (unpaired) electrons. The molecule has 1 heterocycles. The lowest BCUT2D eigenvalue weighted by Gasteiger charge is -2.22. The minimum absolute atomic E-state index is 0.107. The van der Waals surface area contributed by atoms with Gasteiger partial charge in [0.2, 0.25) is 5.91 Å². The van der Waals surface area contributed by atoms with Crippen LogP contribution < -0.4 is 5.56 Å². The molecule has 4 nitrogen and oxygen atoms in total. The van der Waals surface area contributed by atoms with Crippen molar-refractivity contribution in [3.8, 4) is 0 Å². The molecule has 2 aromatic carbocycles. The van der Waals surface area contributed by atoms with Crippen LogP contribution in [0.25, 0.3) is 10.9 Å². The van der Waals surface area contributed by atoms with Gasteiger partial charge in [-0.15, -0.1) is 0 Å². The van der Waals surface area contributed by atoms with E-state index in [-0.39, 0.29) is 18.0 Å². The summed E-state index contributed by atoms with van der Waals surface area (Å²) in [6.07, 6.45) is 0. The largest absolute Gasteiger partial charge is 0.334 e. The molecule has 1 amide bonds. The van der Waals surface area contributed by atoms with E-state index >= 15 is 0 Å². The number of aromatic amines is 1. The number of rotatable bonds is 4. The van der Waals surface area contributed by atoms with Gasteiger partial charge in [-0.2, -0.15) is 0 Å². The minimum atomic E-state index is -0.171. The summed E-state index contributed by atoms with van der Waals surface area (Å²) in [4.78, 5) is 29.2. The molecule has 5 heteroatoms. The summed E-state index contributed by atoms with van der Waals surface area (Å²) < 4.78 is 0. The summed E-state index contributed by atoms with van der Waals surface area (Å²) in [5, 5.41) is 1.58. The van der Waals surface area contributed by atoms with Gasteiger partial charge in [0.25, 0.3) is 5.56 Å². The quantitative estimate of drug-likeness (QED) is 0.744. The van der Waals surface area contributed by atoms with Crippen molar-refractivity contribution in [3.05, 3.63) is 80.1 Å². The molecular formula is C21H21ClN2O2. The molecule has 3 rings (SSSR count). The van der Waals surface area contributed by atoms with Crippen LogP contribution >= 0.6 is 11.6 Å². The van der Waals surface area contributed by atoms with Gasteiger partial charge in [-0.3, -0.25) is 9.59 Å². The van der Waals surface area contributed by atoms with E-state index < -0.39 is 0 Å². The Morgan fingerprint density at radius 2 is 1.77 bits per heavy atom. The first kappa shape index (κ1) is 18.2. The average molecular weight is 369 g/mol. The summed E-state index contributed by atoms with van der Waals surface area (Å²) in [5.41, 5.74) is 4.24. The minimum Gasteiger partial charge on any atom is -0.334 e. The molecule has 0 aliphatic rings. The van der Waals surface area contributed by atoms with Gasteiger partial charge >= 0.3 is 0 Å². The van der Waals surface area contributed by atoms with Crippen molar-refractivity contribution in [2.75, 3.05) is 0 Å². The fourth-order valence-corrected chi connectivity index (χ4v) is 3.36. The highest BCUT2D eigenvalue weighted by atomic mass is 35.5. The zero-order chi connectivity index (χ0) is 18.8. The number of carbonyl (C=O) groups excluding carboxylic acids is 1. The molecule has 26 heavy (non-hydrogen) atoms. The molecule has 0 aliphatic carbocycles. The Labute approximate surface area is 157 Å². The zero-order valence-electron chi connectivity index (χ0n) is 15.1. The van der Waals surface area contributed by atoms with Gasteiger partial charge in [-0.05, 0) is 48.6 Å². The van der Waals surface area contributed by atoms with Crippen molar-refractivity contribution in [3.63, 3.8) is 0 Å². The third kappa shape index (κ3) is 3.81. The van der Waals surface area contributed by atoms with Crippen LogP contribution in [0.3, 0.4) is 0 Å². The molecule has 0 fully saturated rings. The number of hydrogen-bond donors (Lipinski definition) is 1. The van der Waals surface area contributed by atoms with E-state index in [1.165, 1.54) is 6.92 Å². The van der Waals surface area contributed by atoms with E-state index in [4.69, 9.17) is 11.6 Å². The SMILES string of the molecule is CC(=O)N(Cc1ccccc1Cl)Cc1cc2cc(C)cc(C)c2[nH]c1=O. The van der Waals surface area contributed by atoms with Crippen LogP contribution in [0.5, 0.6) is 0 Å². The summed E-state index contributed by atoms with van der Waals surface area (Å²) in [5.74, 6) is -0.107. The first-order chi connectivity index (χ1) is 12.3. The molecule has 0 saturated heterocycles. The number of hydrogen-bond acceptors (Lipinski definition) is 2. The summed E-state index contributed by atoms with van der Waals surface area (Å²) in [6, 6.07) is 13.4. The van der Waals surface area contributed by atoms with Crippen LogP contribution in [0.2, 0.25) is 5.02 Å². The standard InChI is InChI=1S/C21H21ClN2O2/c1-13-8-14(2)20-17(9-13)10-18(21(26)23-20)12-24(15(3)25)11-16-6-4-5-7-19(16)22/h4-10H,11-12H2,1-3H3,(H,23,26). The van der Waals surface area contributed by atoms with E-state index in [9.17, 15) is 9.59 Å². The fourth-order valence-electron chi connectivity index (χ4n) is 3.17. The number of aryl methyl sites for hydroxylation is 2. The molecule has 0 atom stereocenters. The number of benzene rings is 2. The fraction of sp³-hybridized carbons (Fsp3) is 0.238. The number of aromatic nitrogens is 1. The maximum absolute atomic E-state index is 12.5. The van der Waals surface area contributed by atoms with Crippen LogP contribution in [-0.4, -0.2) is 15.8 Å². The highest BCUT2D eigenvalue weighted by Gasteiger charge is 2.15. The van der Waals surface area contributed by atoms with Gasteiger partial charge in [0.05, 0.1) is 12.1 Å². The van der Waals surface area contributed by atoms with Gasteiger partial charge < -0.3 is 9.88 Å². The van der Waals surface area contributed by atoms with Gasteiger partial charge in [0.15, 0.2) is 0 Å². The Bertz CT molecular complexity index is 1040. The number of pyridine rings is 1. The number of halogens is 1. The van der Waals surface area contributed by atoms with Crippen LogP contribution in [0.15, 0.2) is 47.3 Å². The van der Waals surface area contributed by atoms with Crippen molar-refractivity contribution in [2.45, 2.75) is 33.9 Å². The molecule has 0 unspecified atom stereocenters. The normalized spacial score (nSPS) is 10.9. The second kappa shape index (κ2) is 7.34. The van der Waals surface area contributed by atoms with Gasteiger partial charge in [-0.25, -0.2) is 0 Å². The third-order valence-corrected chi connectivity index (χ3v) is 4.86. The lowest BCUT2D eigenvalue weighted by Crippen LogP contribution is -2.30. The molecule has 0 aliphatic heterocycles. The van der Waals surface area contributed by atoms with Gasteiger partial charge in [0.1, 0.15) is 0 Å². The van der Waals surface area contributed by atoms with E-state index in [2.05, 4.69) is 4.98 Å². The lowest BCUT2D eigenvalue weighted by atomic mass is 10.0. The Kier molecular flexibility index (Phi) is 5.14.